The summed E-state index contributed by atoms with van der Waals surface area (Å²) in [5.41, 5.74) is -0.379. The number of nitrogens with zero attached hydrogens (tertiary/aromatic N) is 3. The van der Waals surface area contributed by atoms with E-state index in [0.29, 0.717) is 11.5 Å². The van der Waals surface area contributed by atoms with Gasteiger partial charge in [0.25, 0.3) is 0 Å². The fraction of sp³-hybridized carbons (Fsp3) is 0.0909. The van der Waals surface area contributed by atoms with Crippen molar-refractivity contribution in [3.8, 4) is 17.4 Å². The molecule has 2 rings (SSSR count). The van der Waals surface area contributed by atoms with Crippen molar-refractivity contribution >= 4 is 17.3 Å². The molecule has 0 spiro atoms. The Morgan fingerprint density at radius 1 is 1.32 bits per heavy atom. The lowest BCUT2D eigenvalue weighted by molar-refractivity contribution is -0.386. The average molecular weight is 282 g/mol. The molecule has 98 valence electrons. The van der Waals surface area contributed by atoms with Gasteiger partial charge in [0, 0.05) is 0 Å². The first-order chi connectivity index (χ1) is 9.11. The van der Waals surface area contributed by atoms with Crippen LogP contribution in [0.1, 0.15) is 0 Å². The highest BCUT2D eigenvalue weighted by Crippen LogP contribution is 2.34. The van der Waals surface area contributed by atoms with Crippen LogP contribution >= 0.6 is 11.6 Å². The van der Waals surface area contributed by atoms with Crippen LogP contribution in [0.3, 0.4) is 0 Å². The van der Waals surface area contributed by atoms with Gasteiger partial charge in [0.2, 0.25) is 5.28 Å². The Labute approximate surface area is 112 Å². The second kappa shape index (κ2) is 5.49. The Morgan fingerprint density at radius 3 is 2.63 bits per heavy atom. The third-order valence-electron chi connectivity index (χ3n) is 2.18. The lowest BCUT2D eigenvalue weighted by Crippen LogP contribution is -1.98. The summed E-state index contributed by atoms with van der Waals surface area (Å²) in [5.74, 6) is 0.476. The lowest BCUT2D eigenvalue weighted by atomic mass is 10.3. The molecule has 0 unspecified atom stereocenters. The van der Waals surface area contributed by atoms with Gasteiger partial charge in [0.1, 0.15) is 6.20 Å². The molecule has 1 aromatic carbocycles. The summed E-state index contributed by atoms with van der Waals surface area (Å²) in [6.45, 7) is 0. The molecule has 0 saturated carbocycles. The number of para-hydroxylation sites is 2. The molecule has 0 fully saturated rings. The van der Waals surface area contributed by atoms with Gasteiger partial charge in [-0.1, -0.05) is 12.1 Å². The van der Waals surface area contributed by atoms with Gasteiger partial charge in [-0.3, -0.25) is 10.1 Å². The highest BCUT2D eigenvalue weighted by atomic mass is 35.5. The zero-order valence-corrected chi connectivity index (χ0v) is 10.5. The summed E-state index contributed by atoms with van der Waals surface area (Å²) in [5, 5.41) is 10.7. The maximum Gasteiger partial charge on any atom is 0.349 e. The predicted molar refractivity (Wildman–Crippen MR) is 66.8 cm³/mol. The summed E-state index contributed by atoms with van der Waals surface area (Å²) in [7, 11) is 1.46. The number of halogens is 1. The molecule has 2 aromatic rings. The van der Waals surface area contributed by atoms with Crippen molar-refractivity contribution in [1.29, 1.82) is 0 Å². The quantitative estimate of drug-likeness (QED) is 0.486. The van der Waals surface area contributed by atoms with E-state index in [1.54, 1.807) is 24.3 Å². The minimum absolute atomic E-state index is 0.143. The van der Waals surface area contributed by atoms with E-state index in [0.717, 1.165) is 6.20 Å². The number of methoxy groups -OCH3 is 1. The van der Waals surface area contributed by atoms with Crippen LogP contribution in [-0.2, 0) is 0 Å². The molecule has 0 aliphatic heterocycles. The van der Waals surface area contributed by atoms with E-state index in [-0.39, 0.29) is 16.9 Å². The minimum Gasteiger partial charge on any atom is -0.493 e. The van der Waals surface area contributed by atoms with Crippen molar-refractivity contribution in [3.63, 3.8) is 0 Å². The monoisotopic (exact) mass is 281 g/mol. The van der Waals surface area contributed by atoms with Crippen molar-refractivity contribution in [2.24, 2.45) is 0 Å². The van der Waals surface area contributed by atoms with Crippen LogP contribution in [0.4, 0.5) is 5.69 Å². The molecule has 8 heteroatoms. The number of aromatic nitrogens is 2. The highest BCUT2D eigenvalue weighted by molar-refractivity contribution is 6.28. The molecule has 0 saturated heterocycles. The number of rotatable bonds is 4. The summed E-state index contributed by atoms with van der Waals surface area (Å²) in [4.78, 5) is 17.4. The molecule has 0 bridgehead atoms. The Morgan fingerprint density at radius 2 is 2.00 bits per heavy atom. The Balaban J connectivity index is 2.42. The molecule has 7 nitrogen and oxygen atoms in total. The summed E-state index contributed by atoms with van der Waals surface area (Å²) in [6, 6.07) is 6.70. The fourth-order valence-corrected chi connectivity index (χ4v) is 1.47. The molecule has 1 aromatic heterocycles. The van der Waals surface area contributed by atoms with Crippen molar-refractivity contribution in [1.82, 2.24) is 9.97 Å². The second-order valence-electron chi connectivity index (χ2n) is 3.34. The first kappa shape index (κ1) is 13.0. The predicted octanol–water partition coefficient (Wildman–Crippen LogP) is 2.84. The number of ether oxygens (including phenoxy) is 2. The zero-order valence-electron chi connectivity index (χ0n) is 9.74. The van der Waals surface area contributed by atoms with Gasteiger partial charge in [-0.15, -0.1) is 0 Å². The van der Waals surface area contributed by atoms with Crippen LogP contribution in [0.15, 0.2) is 30.5 Å². The first-order valence-corrected chi connectivity index (χ1v) is 5.47. The summed E-state index contributed by atoms with van der Waals surface area (Å²) >= 11 is 5.61. The first-order valence-electron chi connectivity index (χ1n) is 5.09. The maximum absolute atomic E-state index is 10.8. The van der Waals surface area contributed by atoms with Crippen LogP contribution < -0.4 is 9.47 Å². The Hall–Kier alpha value is -2.41. The molecular formula is C11H8ClN3O4. The molecule has 1 heterocycles. The van der Waals surface area contributed by atoms with Crippen molar-refractivity contribution < 1.29 is 14.4 Å². The average Bonchev–Trinajstić information content (AvgIpc) is 2.39. The van der Waals surface area contributed by atoms with Crippen molar-refractivity contribution in [2.75, 3.05) is 7.11 Å². The van der Waals surface area contributed by atoms with Crippen LogP contribution in [0.25, 0.3) is 0 Å². The third kappa shape index (κ3) is 2.89. The van der Waals surface area contributed by atoms with Crippen molar-refractivity contribution in [3.05, 3.63) is 45.9 Å². The Bertz CT molecular complexity index is 621. The zero-order chi connectivity index (χ0) is 13.8. The molecule has 0 N–H and O–H groups in total. The standard InChI is InChI=1S/C11H8ClN3O4/c1-18-8-4-2-3-5-9(8)19-10-7(15(16)17)6-13-11(12)14-10/h2-6H,1H3. The topological polar surface area (TPSA) is 87.4 Å². The van der Waals surface area contributed by atoms with E-state index >= 15 is 0 Å². The van der Waals surface area contributed by atoms with Gasteiger partial charge >= 0.3 is 11.6 Å². The van der Waals surface area contributed by atoms with Gasteiger partial charge in [-0.05, 0) is 23.7 Å². The van der Waals surface area contributed by atoms with Gasteiger partial charge in [0.05, 0.1) is 12.0 Å². The van der Waals surface area contributed by atoms with Gasteiger partial charge in [0.15, 0.2) is 11.5 Å². The number of nitro groups is 1. The maximum atomic E-state index is 10.8. The van der Waals surface area contributed by atoms with E-state index < -0.39 is 4.92 Å². The van der Waals surface area contributed by atoms with E-state index in [4.69, 9.17) is 21.1 Å². The van der Waals surface area contributed by atoms with E-state index in [9.17, 15) is 10.1 Å². The van der Waals surface area contributed by atoms with Crippen LogP contribution in [0.2, 0.25) is 5.28 Å². The molecular weight excluding hydrogens is 274 g/mol. The number of hydrogen-bond donors (Lipinski definition) is 0. The summed E-state index contributed by atoms with van der Waals surface area (Å²) < 4.78 is 10.4. The van der Waals surface area contributed by atoms with E-state index in [1.807, 2.05) is 0 Å². The summed E-state index contributed by atoms with van der Waals surface area (Å²) in [6.07, 6.45) is 0.986. The molecule has 0 aliphatic carbocycles. The van der Waals surface area contributed by atoms with Gasteiger partial charge in [-0.2, -0.15) is 4.98 Å². The van der Waals surface area contributed by atoms with Crippen molar-refractivity contribution in [2.45, 2.75) is 0 Å². The van der Waals surface area contributed by atoms with Crippen LogP contribution in [0, 0.1) is 10.1 Å². The molecule has 0 aliphatic rings. The largest absolute Gasteiger partial charge is 0.493 e. The second-order valence-corrected chi connectivity index (χ2v) is 3.68. The number of hydrogen-bond acceptors (Lipinski definition) is 6. The van der Waals surface area contributed by atoms with E-state index in [1.165, 1.54) is 7.11 Å². The SMILES string of the molecule is COc1ccccc1Oc1nc(Cl)ncc1[N+](=O)[O-]. The van der Waals surface area contributed by atoms with Gasteiger partial charge in [-0.25, -0.2) is 4.98 Å². The highest BCUT2D eigenvalue weighted by Gasteiger charge is 2.20. The molecule has 0 atom stereocenters. The molecule has 19 heavy (non-hydrogen) atoms. The lowest BCUT2D eigenvalue weighted by Gasteiger charge is -2.08. The number of benzene rings is 1. The third-order valence-corrected chi connectivity index (χ3v) is 2.36. The fourth-order valence-electron chi connectivity index (χ4n) is 1.35. The normalized spacial score (nSPS) is 10.0. The Kier molecular flexibility index (Phi) is 3.76. The molecule has 0 radical (unpaired) electrons. The van der Waals surface area contributed by atoms with Crippen LogP contribution in [0.5, 0.6) is 17.4 Å². The smallest absolute Gasteiger partial charge is 0.349 e. The molecule has 0 amide bonds. The van der Waals surface area contributed by atoms with E-state index in [2.05, 4.69) is 9.97 Å². The minimum atomic E-state index is -0.652. The van der Waals surface area contributed by atoms with Gasteiger partial charge < -0.3 is 9.47 Å². The van der Waals surface area contributed by atoms with Crippen LogP contribution in [-0.4, -0.2) is 22.0 Å².